The molecule has 112 valence electrons. The van der Waals surface area contributed by atoms with E-state index in [9.17, 15) is 9.59 Å². The van der Waals surface area contributed by atoms with Crippen LogP contribution in [0.2, 0.25) is 19.6 Å². The second kappa shape index (κ2) is 7.50. The molecule has 1 amide bonds. The molecule has 1 aromatic rings. The van der Waals surface area contributed by atoms with Crippen LogP contribution < -0.4 is 5.32 Å². The van der Waals surface area contributed by atoms with Crippen molar-refractivity contribution in [1.29, 1.82) is 0 Å². The molecule has 0 spiro atoms. The summed E-state index contributed by atoms with van der Waals surface area (Å²) in [6.07, 6.45) is -0.795. The molecule has 0 aromatic heterocycles. The Morgan fingerprint density at radius 3 is 2.43 bits per heavy atom. The molecule has 21 heavy (non-hydrogen) atoms. The van der Waals surface area contributed by atoms with Crippen molar-refractivity contribution < 1.29 is 19.4 Å². The molecule has 0 saturated carbocycles. The highest BCUT2D eigenvalue weighted by atomic mass is 28.3. The van der Waals surface area contributed by atoms with Gasteiger partial charge in [-0.3, -0.25) is 5.32 Å². The van der Waals surface area contributed by atoms with Crippen molar-refractivity contribution in [2.75, 3.05) is 0 Å². The molecule has 0 bridgehead atoms. The molecule has 1 aromatic carbocycles. The number of carboxylic acid groups (broad SMARTS) is 1. The van der Waals surface area contributed by atoms with Crippen LogP contribution in [0.25, 0.3) is 0 Å². The highest BCUT2D eigenvalue weighted by Gasteiger charge is 2.19. The molecule has 2 N–H and O–H groups in total. The number of benzene rings is 1. The van der Waals surface area contributed by atoms with Crippen LogP contribution in [-0.4, -0.2) is 31.3 Å². The number of rotatable bonds is 4. The fraction of sp³-hybridized carbons (Fsp3) is 0.333. The minimum absolute atomic E-state index is 0.0838. The van der Waals surface area contributed by atoms with Crippen molar-refractivity contribution >= 4 is 20.1 Å². The third kappa shape index (κ3) is 7.18. The fourth-order valence-electron chi connectivity index (χ4n) is 1.33. The van der Waals surface area contributed by atoms with Crippen LogP contribution in [0.3, 0.4) is 0 Å². The third-order valence-electron chi connectivity index (χ3n) is 2.31. The van der Waals surface area contributed by atoms with Gasteiger partial charge in [-0.05, 0) is 5.56 Å². The number of nitrogens with one attached hydrogen (secondary N) is 1. The van der Waals surface area contributed by atoms with Gasteiger partial charge in [-0.25, -0.2) is 9.59 Å². The summed E-state index contributed by atoms with van der Waals surface area (Å²) in [5.74, 6) is 1.39. The molecule has 6 heteroatoms. The summed E-state index contributed by atoms with van der Waals surface area (Å²) < 4.78 is 4.97. The Hall–Kier alpha value is -2.26. The second-order valence-electron chi connectivity index (χ2n) is 5.50. The average Bonchev–Trinajstić information content (AvgIpc) is 2.41. The van der Waals surface area contributed by atoms with E-state index in [1.54, 1.807) is 0 Å². The van der Waals surface area contributed by atoms with Gasteiger partial charge in [0.2, 0.25) is 0 Å². The topological polar surface area (TPSA) is 75.6 Å². The van der Waals surface area contributed by atoms with Crippen molar-refractivity contribution in [2.45, 2.75) is 32.3 Å². The maximum atomic E-state index is 11.6. The molecule has 0 radical (unpaired) electrons. The van der Waals surface area contributed by atoms with Crippen LogP contribution in [0.1, 0.15) is 5.56 Å². The van der Waals surface area contributed by atoms with Gasteiger partial charge >= 0.3 is 12.1 Å². The Balaban J connectivity index is 2.57. The number of alkyl carbamates (subject to hydrolysis) is 1. The lowest BCUT2D eigenvalue weighted by Gasteiger charge is -2.11. The van der Waals surface area contributed by atoms with Gasteiger partial charge in [-0.1, -0.05) is 55.9 Å². The van der Waals surface area contributed by atoms with E-state index in [0.717, 1.165) is 5.56 Å². The quantitative estimate of drug-likeness (QED) is 0.661. The van der Waals surface area contributed by atoms with E-state index in [1.165, 1.54) is 0 Å². The lowest BCUT2D eigenvalue weighted by Crippen LogP contribution is -2.40. The molecule has 0 saturated heterocycles. The standard InChI is InChI=1S/C15H19NO4Si/c1-21(2,3)10-9-13(14(17)18)16-15(19)20-11-12-7-5-4-6-8-12/h4-8,13H,11H2,1-3H3,(H,16,19)(H,17,18). The van der Waals surface area contributed by atoms with Crippen LogP contribution in [0, 0.1) is 11.5 Å². The largest absolute Gasteiger partial charge is 0.479 e. The molecule has 0 aliphatic rings. The van der Waals surface area contributed by atoms with Gasteiger partial charge in [0.15, 0.2) is 6.04 Å². The van der Waals surface area contributed by atoms with E-state index in [-0.39, 0.29) is 6.61 Å². The summed E-state index contributed by atoms with van der Waals surface area (Å²) in [5, 5.41) is 11.3. The van der Waals surface area contributed by atoms with Crippen LogP contribution in [0.15, 0.2) is 30.3 Å². The van der Waals surface area contributed by atoms with Crippen LogP contribution in [0.4, 0.5) is 4.79 Å². The van der Waals surface area contributed by atoms with Gasteiger partial charge in [-0.15, -0.1) is 5.54 Å². The van der Waals surface area contributed by atoms with E-state index in [2.05, 4.69) is 16.8 Å². The van der Waals surface area contributed by atoms with Crippen molar-refractivity contribution in [3.05, 3.63) is 35.9 Å². The van der Waals surface area contributed by atoms with Crippen molar-refractivity contribution in [3.8, 4) is 11.5 Å². The number of hydrogen-bond acceptors (Lipinski definition) is 3. The Kier molecular flexibility index (Phi) is 6.00. The summed E-state index contributed by atoms with van der Waals surface area (Å²) in [4.78, 5) is 22.7. The summed E-state index contributed by atoms with van der Waals surface area (Å²) in [7, 11) is -1.70. The highest BCUT2D eigenvalue weighted by molar-refractivity contribution is 6.83. The number of carbonyl (C=O) groups excluding carboxylic acids is 1. The first-order chi connectivity index (χ1) is 9.78. The van der Waals surface area contributed by atoms with Crippen molar-refractivity contribution in [1.82, 2.24) is 5.32 Å². The molecule has 0 aliphatic carbocycles. The number of amides is 1. The van der Waals surface area contributed by atoms with Gasteiger partial charge in [0.05, 0.1) is 0 Å². The van der Waals surface area contributed by atoms with Crippen LogP contribution >= 0.6 is 0 Å². The van der Waals surface area contributed by atoms with E-state index < -0.39 is 26.2 Å². The van der Waals surface area contributed by atoms with Crippen LogP contribution in [0.5, 0.6) is 0 Å². The molecular formula is C15H19NO4Si. The number of aliphatic carboxylic acids is 1. The summed E-state index contributed by atoms with van der Waals surface area (Å²) in [6, 6.07) is 7.89. The van der Waals surface area contributed by atoms with Gasteiger partial charge in [-0.2, -0.15) is 0 Å². The van der Waals surface area contributed by atoms with E-state index in [0.29, 0.717) is 0 Å². The predicted molar refractivity (Wildman–Crippen MR) is 82.3 cm³/mol. The first-order valence-corrected chi connectivity index (χ1v) is 10.0. The lowest BCUT2D eigenvalue weighted by molar-refractivity contribution is -0.137. The zero-order chi connectivity index (χ0) is 15.9. The summed E-state index contributed by atoms with van der Waals surface area (Å²) in [5.41, 5.74) is 3.75. The monoisotopic (exact) mass is 305 g/mol. The van der Waals surface area contributed by atoms with Gasteiger partial charge in [0, 0.05) is 0 Å². The number of carboxylic acids is 1. The summed E-state index contributed by atoms with van der Waals surface area (Å²) >= 11 is 0. The lowest BCUT2D eigenvalue weighted by atomic mass is 10.2. The van der Waals surface area contributed by atoms with Crippen LogP contribution in [-0.2, 0) is 16.1 Å². The molecule has 0 fully saturated rings. The Labute approximate surface area is 125 Å². The third-order valence-corrected chi connectivity index (χ3v) is 3.21. The first-order valence-electron chi connectivity index (χ1n) is 6.50. The molecule has 1 unspecified atom stereocenters. The van der Waals surface area contributed by atoms with E-state index in [1.807, 2.05) is 50.0 Å². The molecule has 5 nitrogen and oxygen atoms in total. The SMILES string of the molecule is C[Si](C)(C)C#CC(NC(=O)OCc1ccccc1)C(=O)O. The fourth-order valence-corrected chi connectivity index (χ4v) is 1.91. The Bertz CT molecular complexity index is 555. The molecule has 0 heterocycles. The minimum Gasteiger partial charge on any atom is -0.479 e. The number of ether oxygens (including phenoxy) is 1. The molecule has 1 rings (SSSR count). The Morgan fingerprint density at radius 2 is 1.90 bits per heavy atom. The minimum atomic E-state index is -1.70. The maximum Gasteiger partial charge on any atom is 0.408 e. The van der Waals surface area contributed by atoms with E-state index in [4.69, 9.17) is 9.84 Å². The van der Waals surface area contributed by atoms with Gasteiger partial charge in [0.25, 0.3) is 0 Å². The normalized spacial score (nSPS) is 11.8. The predicted octanol–water partition coefficient (Wildman–Crippen LogP) is 2.25. The highest BCUT2D eigenvalue weighted by Crippen LogP contribution is 2.01. The molecular weight excluding hydrogens is 286 g/mol. The van der Waals surface area contributed by atoms with Crippen molar-refractivity contribution in [2.24, 2.45) is 0 Å². The van der Waals surface area contributed by atoms with Gasteiger partial charge in [0.1, 0.15) is 14.7 Å². The number of carbonyl (C=O) groups is 2. The molecule has 1 atom stereocenters. The average molecular weight is 305 g/mol. The number of hydrogen-bond donors (Lipinski definition) is 2. The summed E-state index contributed by atoms with van der Waals surface area (Å²) in [6.45, 7) is 6.06. The zero-order valence-electron chi connectivity index (χ0n) is 12.3. The smallest absolute Gasteiger partial charge is 0.408 e. The first kappa shape index (κ1) is 16.8. The molecule has 0 aliphatic heterocycles. The second-order valence-corrected chi connectivity index (χ2v) is 10.2. The Morgan fingerprint density at radius 1 is 1.29 bits per heavy atom. The van der Waals surface area contributed by atoms with E-state index >= 15 is 0 Å². The van der Waals surface area contributed by atoms with Gasteiger partial charge < -0.3 is 9.84 Å². The maximum absolute atomic E-state index is 11.6. The zero-order valence-corrected chi connectivity index (χ0v) is 13.3. The van der Waals surface area contributed by atoms with Crippen molar-refractivity contribution in [3.63, 3.8) is 0 Å².